The molecule has 1 heterocycles. The summed E-state index contributed by atoms with van der Waals surface area (Å²) in [6, 6.07) is 0. The highest BCUT2D eigenvalue weighted by Crippen LogP contribution is 2.37. The predicted octanol–water partition coefficient (Wildman–Crippen LogP) is 0.0352. The van der Waals surface area contributed by atoms with Crippen LogP contribution in [0.3, 0.4) is 0 Å². The molecule has 1 aliphatic carbocycles. The van der Waals surface area contributed by atoms with Crippen LogP contribution in [0.2, 0.25) is 0 Å². The third-order valence-electron chi connectivity index (χ3n) is 2.80. The highest BCUT2D eigenvalue weighted by atomic mass is 19.1. The standard InChI is InChI=1S/C7H13FN2/c8-6-1-5-3-10-4-7(5,9)2-6/h5-6,10H,1-4,9H2/t5-,6-,7-/m1/s1. The lowest BCUT2D eigenvalue weighted by Crippen LogP contribution is -2.44. The summed E-state index contributed by atoms with van der Waals surface area (Å²) in [7, 11) is 0. The minimum absolute atomic E-state index is 0.209. The molecule has 0 unspecified atom stereocenters. The fourth-order valence-corrected chi connectivity index (χ4v) is 2.19. The molecule has 0 spiro atoms. The number of fused-ring (bicyclic) bond motifs is 1. The first-order valence-corrected chi connectivity index (χ1v) is 3.84. The van der Waals surface area contributed by atoms with Crippen LogP contribution in [0.1, 0.15) is 12.8 Å². The number of nitrogens with one attached hydrogen (secondary N) is 1. The Balaban J connectivity index is 2.15. The second-order valence-corrected chi connectivity index (χ2v) is 3.60. The Morgan fingerprint density at radius 1 is 1.60 bits per heavy atom. The second-order valence-electron chi connectivity index (χ2n) is 3.60. The van der Waals surface area contributed by atoms with Gasteiger partial charge in [-0.1, -0.05) is 0 Å². The summed E-state index contributed by atoms with van der Waals surface area (Å²) in [5.74, 6) is 0.391. The zero-order valence-electron chi connectivity index (χ0n) is 5.94. The molecule has 0 aromatic carbocycles. The van der Waals surface area contributed by atoms with E-state index in [2.05, 4.69) is 5.32 Å². The van der Waals surface area contributed by atoms with Crippen molar-refractivity contribution in [2.45, 2.75) is 24.6 Å². The van der Waals surface area contributed by atoms with Crippen molar-refractivity contribution in [1.29, 1.82) is 0 Å². The fourth-order valence-electron chi connectivity index (χ4n) is 2.19. The number of halogens is 1. The lowest BCUT2D eigenvalue weighted by molar-refractivity contribution is 0.316. The van der Waals surface area contributed by atoms with Gasteiger partial charge in [-0.05, 0) is 25.3 Å². The van der Waals surface area contributed by atoms with Crippen molar-refractivity contribution in [3.63, 3.8) is 0 Å². The summed E-state index contributed by atoms with van der Waals surface area (Å²) in [5, 5.41) is 3.19. The van der Waals surface area contributed by atoms with E-state index in [4.69, 9.17) is 5.73 Å². The van der Waals surface area contributed by atoms with E-state index in [0.29, 0.717) is 18.8 Å². The Morgan fingerprint density at radius 2 is 2.40 bits per heavy atom. The topological polar surface area (TPSA) is 38.0 Å². The van der Waals surface area contributed by atoms with Crippen molar-refractivity contribution in [2.75, 3.05) is 13.1 Å². The minimum Gasteiger partial charge on any atom is -0.324 e. The van der Waals surface area contributed by atoms with Gasteiger partial charge in [-0.3, -0.25) is 0 Å². The van der Waals surface area contributed by atoms with E-state index in [1.807, 2.05) is 0 Å². The molecule has 0 radical (unpaired) electrons. The molecule has 0 bridgehead atoms. The van der Waals surface area contributed by atoms with Gasteiger partial charge >= 0.3 is 0 Å². The SMILES string of the molecule is N[C@]12CNC[C@H]1C[C@@H](F)C2. The number of hydrogen-bond acceptors (Lipinski definition) is 2. The molecule has 0 aromatic heterocycles. The predicted molar refractivity (Wildman–Crippen MR) is 37.4 cm³/mol. The lowest BCUT2D eigenvalue weighted by atomic mass is 9.92. The van der Waals surface area contributed by atoms with Gasteiger partial charge in [0.25, 0.3) is 0 Å². The first-order chi connectivity index (χ1) is 4.71. The summed E-state index contributed by atoms with van der Waals surface area (Å²) in [6.07, 6.45) is 0.589. The van der Waals surface area contributed by atoms with Crippen LogP contribution in [0.15, 0.2) is 0 Å². The molecule has 2 rings (SSSR count). The van der Waals surface area contributed by atoms with Crippen molar-refractivity contribution in [1.82, 2.24) is 5.32 Å². The summed E-state index contributed by atoms with van der Waals surface area (Å²) >= 11 is 0. The van der Waals surface area contributed by atoms with Gasteiger partial charge in [-0.15, -0.1) is 0 Å². The van der Waals surface area contributed by atoms with E-state index in [0.717, 1.165) is 13.1 Å². The first-order valence-electron chi connectivity index (χ1n) is 3.84. The molecule has 3 N–H and O–H groups in total. The van der Waals surface area contributed by atoms with Crippen LogP contribution >= 0.6 is 0 Å². The number of rotatable bonds is 0. The van der Waals surface area contributed by atoms with Gasteiger partial charge in [-0.25, -0.2) is 4.39 Å². The van der Waals surface area contributed by atoms with Gasteiger partial charge < -0.3 is 11.1 Å². The van der Waals surface area contributed by atoms with Gasteiger partial charge in [0.05, 0.1) is 0 Å². The molecular formula is C7H13FN2. The molecular weight excluding hydrogens is 131 g/mol. The molecule has 1 saturated heterocycles. The van der Waals surface area contributed by atoms with E-state index >= 15 is 0 Å². The Morgan fingerprint density at radius 3 is 3.10 bits per heavy atom. The van der Waals surface area contributed by atoms with Gasteiger partial charge in [0, 0.05) is 12.1 Å². The maximum Gasteiger partial charge on any atom is 0.102 e. The summed E-state index contributed by atoms with van der Waals surface area (Å²) < 4.78 is 12.8. The highest BCUT2D eigenvalue weighted by Gasteiger charge is 2.47. The Bertz CT molecular complexity index is 151. The van der Waals surface area contributed by atoms with Gasteiger partial charge in [-0.2, -0.15) is 0 Å². The third kappa shape index (κ3) is 0.772. The first kappa shape index (κ1) is 6.55. The smallest absolute Gasteiger partial charge is 0.102 e. The van der Waals surface area contributed by atoms with E-state index in [1.165, 1.54) is 0 Å². The molecule has 3 heteroatoms. The molecule has 3 atom stereocenters. The van der Waals surface area contributed by atoms with Crippen LogP contribution in [0.25, 0.3) is 0 Å². The Hall–Kier alpha value is -0.150. The van der Waals surface area contributed by atoms with E-state index < -0.39 is 6.17 Å². The zero-order chi connectivity index (χ0) is 7.19. The fraction of sp³-hybridized carbons (Fsp3) is 1.00. The third-order valence-corrected chi connectivity index (χ3v) is 2.80. The molecule has 1 saturated carbocycles. The van der Waals surface area contributed by atoms with Gasteiger partial charge in [0.2, 0.25) is 0 Å². The summed E-state index contributed by atoms with van der Waals surface area (Å²) in [5.41, 5.74) is 5.74. The Kier molecular flexibility index (Phi) is 1.26. The average molecular weight is 144 g/mol. The molecule has 0 amide bonds. The van der Waals surface area contributed by atoms with E-state index in [1.54, 1.807) is 0 Å². The van der Waals surface area contributed by atoms with Crippen molar-refractivity contribution in [3.8, 4) is 0 Å². The van der Waals surface area contributed by atoms with Crippen molar-refractivity contribution < 1.29 is 4.39 Å². The minimum atomic E-state index is -0.642. The molecule has 2 fully saturated rings. The molecule has 58 valence electrons. The number of nitrogens with two attached hydrogens (primary N) is 1. The quantitative estimate of drug-likeness (QED) is 0.503. The lowest BCUT2D eigenvalue weighted by Gasteiger charge is -2.21. The molecule has 2 nitrogen and oxygen atoms in total. The van der Waals surface area contributed by atoms with Crippen molar-refractivity contribution in [3.05, 3.63) is 0 Å². The molecule has 1 aliphatic heterocycles. The van der Waals surface area contributed by atoms with Crippen LogP contribution in [0.4, 0.5) is 4.39 Å². The molecule has 2 aliphatic rings. The van der Waals surface area contributed by atoms with Crippen LogP contribution in [0, 0.1) is 5.92 Å². The summed E-state index contributed by atoms with van der Waals surface area (Å²) in [6.45, 7) is 1.72. The highest BCUT2D eigenvalue weighted by molar-refractivity contribution is 5.06. The average Bonchev–Trinajstić information content (AvgIpc) is 2.20. The van der Waals surface area contributed by atoms with Gasteiger partial charge in [0.1, 0.15) is 6.17 Å². The maximum atomic E-state index is 12.8. The second kappa shape index (κ2) is 1.92. The Labute approximate surface area is 60.0 Å². The zero-order valence-corrected chi connectivity index (χ0v) is 5.94. The van der Waals surface area contributed by atoms with Crippen LogP contribution in [-0.2, 0) is 0 Å². The van der Waals surface area contributed by atoms with Crippen LogP contribution in [-0.4, -0.2) is 24.8 Å². The van der Waals surface area contributed by atoms with E-state index in [-0.39, 0.29) is 5.54 Å². The molecule has 0 aromatic rings. The maximum absolute atomic E-state index is 12.8. The number of hydrogen-bond donors (Lipinski definition) is 2. The van der Waals surface area contributed by atoms with E-state index in [9.17, 15) is 4.39 Å². The normalized spacial score (nSPS) is 53.4. The van der Waals surface area contributed by atoms with Gasteiger partial charge in [0.15, 0.2) is 0 Å². The van der Waals surface area contributed by atoms with Crippen molar-refractivity contribution in [2.24, 2.45) is 11.7 Å². The largest absolute Gasteiger partial charge is 0.324 e. The number of alkyl halides is 1. The monoisotopic (exact) mass is 144 g/mol. The molecule has 10 heavy (non-hydrogen) atoms. The van der Waals surface area contributed by atoms with Crippen LogP contribution < -0.4 is 11.1 Å². The van der Waals surface area contributed by atoms with Crippen LogP contribution in [0.5, 0.6) is 0 Å². The van der Waals surface area contributed by atoms with Crippen molar-refractivity contribution >= 4 is 0 Å². The summed E-state index contributed by atoms with van der Waals surface area (Å²) in [4.78, 5) is 0.